The minimum atomic E-state index is 0. The van der Waals surface area contributed by atoms with E-state index in [9.17, 15) is 0 Å². The van der Waals surface area contributed by atoms with E-state index in [1.165, 1.54) is 43.8 Å². The van der Waals surface area contributed by atoms with Crippen molar-refractivity contribution >= 4 is 23.7 Å². The van der Waals surface area contributed by atoms with E-state index in [-0.39, 0.29) is 12.4 Å². The van der Waals surface area contributed by atoms with Gasteiger partial charge in [0.25, 0.3) is 0 Å². The van der Waals surface area contributed by atoms with Gasteiger partial charge in [-0.1, -0.05) is 6.07 Å². The molecule has 0 spiro atoms. The lowest BCUT2D eigenvalue weighted by atomic mass is 10.2. The lowest BCUT2D eigenvalue weighted by Crippen LogP contribution is -2.37. The summed E-state index contributed by atoms with van der Waals surface area (Å²) in [6.45, 7) is 3.58. The first kappa shape index (κ1) is 12.4. The lowest BCUT2D eigenvalue weighted by molar-refractivity contribution is 0.190. The van der Waals surface area contributed by atoms with Gasteiger partial charge in [-0.3, -0.25) is 4.90 Å². The molecule has 1 N–H and O–H groups in total. The van der Waals surface area contributed by atoms with E-state index in [0.29, 0.717) is 0 Å². The van der Waals surface area contributed by atoms with Gasteiger partial charge in [-0.25, -0.2) is 0 Å². The van der Waals surface area contributed by atoms with Crippen LogP contribution in [0.1, 0.15) is 24.1 Å². The molecule has 1 saturated carbocycles. The highest BCUT2D eigenvalue weighted by Crippen LogP contribution is 2.32. The van der Waals surface area contributed by atoms with Gasteiger partial charge >= 0.3 is 0 Å². The van der Waals surface area contributed by atoms with E-state index in [4.69, 9.17) is 0 Å². The van der Waals surface area contributed by atoms with Crippen LogP contribution in [0.25, 0.3) is 0 Å². The molecule has 90 valence electrons. The normalized spacial score (nSPS) is 24.7. The molecule has 0 bridgehead atoms. The van der Waals surface area contributed by atoms with Gasteiger partial charge in [-0.05, 0) is 37.3 Å². The molecule has 1 unspecified atom stereocenters. The number of nitrogens with zero attached hydrogens (tertiary/aromatic N) is 1. The first-order valence-electron chi connectivity index (χ1n) is 5.92. The van der Waals surface area contributed by atoms with Crippen molar-refractivity contribution in [2.45, 2.75) is 37.9 Å². The summed E-state index contributed by atoms with van der Waals surface area (Å²) in [7, 11) is 0. The fraction of sp³-hybridized carbons (Fsp3) is 0.667. The predicted octanol–water partition coefficient (Wildman–Crippen LogP) is 2.50. The van der Waals surface area contributed by atoms with Crippen molar-refractivity contribution in [3.8, 4) is 0 Å². The Bertz CT molecular complexity index is 305. The van der Waals surface area contributed by atoms with Crippen LogP contribution < -0.4 is 5.32 Å². The fourth-order valence-corrected chi connectivity index (χ4v) is 3.18. The summed E-state index contributed by atoms with van der Waals surface area (Å²) in [5.41, 5.74) is 0. The van der Waals surface area contributed by atoms with Gasteiger partial charge in [0.1, 0.15) is 0 Å². The molecule has 1 aromatic heterocycles. The van der Waals surface area contributed by atoms with Gasteiger partial charge in [0.05, 0.1) is 0 Å². The number of hydrogen-bond acceptors (Lipinski definition) is 3. The molecule has 2 nitrogen and oxygen atoms in total. The fourth-order valence-electron chi connectivity index (χ4n) is 2.47. The molecule has 0 aromatic carbocycles. The third kappa shape index (κ3) is 2.77. The SMILES string of the molecule is Cl.c1csc(CN(C2CC2)C2CCNC2)c1. The Balaban J connectivity index is 0.000000963. The highest BCUT2D eigenvalue weighted by molar-refractivity contribution is 7.09. The molecule has 2 fully saturated rings. The number of hydrogen-bond donors (Lipinski definition) is 1. The Hall–Kier alpha value is -0.0900. The minimum Gasteiger partial charge on any atom is -0.315 e. The van der Waals surface area contributed by atoms with E-state index in [1.807, 2.05) is 11.3 Å². The summed E-state index contributed by atoms with van der Waals surface area (Å²) in [5, 5.41) is 5.66. The van der Waals surface area contributed by atoms with Crippen molar-refractivity contribution in [1.82, 2.24) is 10.2 Å². The zero-order chi connectivity index (χ0) is 10.1. The van der Waals surface area contributed by atoms with Crippen LogP contribution in [0.2, 0.25) is 0 Å². The van der Waals surface area contributed by atoms with E-state index in [2.05, 4.69) is 27.7 Å². The standard InChI is InChI=1S/C12H18N2S.ClH/c1-2-12(15-7-1)9-14(10-3-4-10)11-5-6-13-8-11;/h1-2,7,10-11,13H,3-6,8-9H2;1H. The molecule has 1 aliphatic carbocycles. The summed E-state index contributed by atoms with van der Waals surface area (Å²) in [6.07, 6.45) is 4.17. The monoisotopic (exact) mass is 258 g/mol. The highest BCUT2D eigenvalue weighted by atomic mass is 35.5. The van der Waals surface area contributed by atoms with Gasteiger partial charge in [0.15, 0.2) is 0 Å². The molecule has 0 amide bonds. The second-order valence-electron chi connectivity index (χ2n) is 4.63. The van der Waals surface area contributed by atoms with Crippen molar-refractivity contribution in [3.05, 3.63) is 22.4 Å². The Kier molecular flexibility index (Phi) is 4.25. The maximum Gasteiger partial charge on any atom is 0.0334 e. The van der Waals surface area contributed by atoms with Crippen LogP contribution in [-0.2, 0) is 6.54 Å². The molecular weight excluding hydrogens is 240 g/mol. The van der Waals surface area contributed by atoms with Crippen LogP contribution in [-0.4, -0.2) is 30.1 Å². The third-order valence-corrected chi connectivity index (χ3v) is 4.30. The molecule has 2 heterocycles. The highest BCUT2D eigenvalue weighted by Gasteiger charge is 2.35. The summed E-state index contributed by atoms with van der Waals surface area (Å²) < 4.78 is 0. The number of nitrogens with one attached hydrogen (secondary N) is 1. The number of rotatable bonds is 4. The van der Waals surface area contributed by atoms with Crippen LogP contribution in [0.15, 0.2) is 17.5 Å². The summed E-state index contributed by atoms with van der Waals surface area (Å²) in [5.74, 6) is 0. The minimum absolute atomic E-state index is 0. The molecule has 1 aliphatic heterocycles. The first-order chi connectivity index (χ1) is 7.43. The summed E-state index contributed by atoms with van der Waals surface area (Å²) in [4.78, 5) is 4.25. The predicted molar refractivity (Wildman–Crippen MR) is 71.4 cm³/mol. The Morgan fingerprint density at radius 2 is 2.19 bits per heavy atom. The lowest BCUT2D eigenvalue weighted by Gasteiger charge is -2.27. The van der Waals surface area contributed by atoms with Crippen molar-refractivity contribution in [3.63, 3.8) is 0 Å². The van der Waals surface area contributed by atoms with Crippen LogP contribution >= 0.6 is 23.7 Å². The Morgan fingerprint density at radius 1 is 1.31 bits per heavy atom. The number of halogens is 1. The van der Waals surface area contributed by atoms with Gasteiger partial charge in [-0.15, -0.1) is 23.7 Å². The Morgan fingerprint density at radius 3 is 2.75 bits per heavy atom. The first-order valence-corrected chi connectivity index (χ1v) is 6.80. The van der Waals surface area contributed by atoms with E-state index < -0.39 is 0 Å². The van der Waals surface area contributed by atoms with Gasteiger partial charge < -0.3 is 5.32 Å². The molecule has 16 heavy (non-hydrogen) atoms. The molecule has 3 rings (SSSR count). The molecule has 2 aliphatic rings. The summed E-state index contributed by atoms with van der Waals surface area (Å²) in [6, 6.07) is 6.11. The van der Waals surface area contributed by atoms with E-state index in [0.717, 1.165) is 12.1 Å². The topological polar surface area (TPSA) is 15.3 Å². The zero-order valence-corrected chi connectivity index (χ0v) is 11.0. The molecular formula is C12H19ClN2S. The maximum atomic E-state index is 3.48. The smallest absolute Gasteiger partial charge is 0.0334 e. The largest absolute Gasteiger partial charge is 0.315 e. The average molecular weight is 259 g/mol. The summed E-state index contributed by atoms with van der Waals surface area (Å²) >= 11 is 1.89. The maximum absolute atomic E-state index is 3.48. The third-order valence-electron chi connectivity index (χ3n) is 3.44. The molecule has 1 saturated heterocycles. The van der Waals surface area contributed by atoms with Crippen molar-refractivity contribution < 1.29 is 0 Å². The van der Waals surface area contributed by atoms with Gasteiger partial charge in [0, 0.05) is 30.1 Å². The quantitative estimate of drug-likeness (QED) is 0.893. The molecule has 0 radical (unpaired) electrons. The Labute approximate surface area is 107 Å². The van der Waals surface area contributed by atoms with Crippen LogP contribution in [0.4, 0.5) is 0 Å². The van der Waals surface area contributed by atoms with Gasteiger partial charge in [-0.2, -0.15) is 0 Å². The number of thiophene rings is 1. The van der Waals surface area contributed by atoms with Crippen molar-refractivity contribution in [1.29, 1.82) is 0 Å². The zero-order valence-electron chi connectivity index (χ0n) is 9.39. The van der Waals surface area contributed by atoms with E-state index >= 15 is 0 Å². The molecule has 1 aromatic rings. The van der Waals surface area contributed by atoms with Crippen LogP contribution in [0.5, 0.6) is 0 Å². The van der Waals surface area contributed by atoms with Crippen LogP contribution in [0, 0.1) is 0 Å². The molecule has 1 atom stereocenters. The second kappa shape index (κ2) is 5.50. The average Bonchev–Trinajstić information content (AvgIpc) is 2.78. The second-order valence-corrected chi connectivity index (χ2v) is 5.66. The molecule has 4 heteroatoms. The van der Waals surface area contributed by atoms with E-state index in [1.54, 1.807) is 0 Å². The van der Waals surface area contributed by atoms with Crippen molar-refractivity contribution in [2.24, 2.45) is 0 Å². The van der Waals surface area contributed by atoms with Crippen molar-refractivity contribution in [2.75, 3.05) is 13.1 Å². The van der Waals surface area contributed by atoms with Gasteiger partial charge in [0.2, 0.25) is 0 Å². The van der Waals surface area contributed by atoms with Crippen LogP contribution in [0.3, 0.4) is 0 Å².